The number of rotatable bonds is 3. The van der Waals surface area contributed by atoms with Crippen LogP contribution in [0.2, 0.25) is 5.02 Å². The summed E-state index contributed by atoms with van der Waals surface area (Å²) in [6, 6.07) is 11.7. The van der Waals surface area contributed by atoms with E-state index in [2.05, 4.69) is 0 Å². The van der Waals surface area contributed by atoms with Crippen LogP contribution in [0.4, 0.5) is 0 Å². The van der Waals surface area contributed by atoms with Crippen LogP contribution in [-0.4, -0.2) is 24.1 Å². The first-order valence-electron chi connectivity index (χ1n) is 8.13. The van der Waals surface area contributed by atoms with E-state index in [1.807, 2.05) is 41.3 Å². The number of aryl methyl sites for hydroxylation is 1. The van der Waals surface area contributed by atoms with Crippen molar-refractivity contribution in [2.75, 3.05) is 13.3 Å². The highest BCUT2D eigenvalue weighted by Gasteiger charge is 2.24. The van der Waals surface area contributed by atoms with E-state index >= 15 is 0 Å². The van der Waals surface area contributed by atoms with Crippen molar-refractivity contribution in [3.63, 3.8) is 0 Å². The molecule has 2 aromatic carbocycles. The third-order valence-electron chi connectivity index (χ3n) is 4.63. The minimum atomic E-state index is 0.165. The van der Waals surface area contributed by atoms with E-state index in [0.717, 1.165) is 40.6 Å². The van der Waals surface area contributed by atoms with E-state index in [4.69, 9.17) is 21.1 Å². The normalized spacial score (nSPS) is 15.3. The summed E-state index contributed by atoms with van der Waals surface area (Å²) in [4.78, 5) is 14.5. The van der Waals surface area contributed by atoms with Gasteiger partial charge in [0.25, 0.3) is 0 Å². The fourth-order valence-electron chi connectivity index (χ4n) is 3.26. The van der Waals surface area contributed by atoms with Crippen molar-refractivity contribution >= 4 is 17.5 Å². The summed E-state index contributed by atoms with van der Waals surface area (Å²) in [6.07, 6.45) is 2.00. The lowest BCUT2D eigenvalue weighted by molar-refractivity contribution is -0.132. The smallest absolute Gasteiger partial charge is 0.231 e. The second-order valence-corrected chi connectivity index (χ2v) is 6.54. The lowest BCUT2D eigenvalue weighted by Gasteiger charge is -2.29. The predicted octanol–water partition coefficient (Wildman–Crippen LogP) is 3.59. The van der Waals surface area contributed by atoms with Crippen LogP contribution in [0.25, 0.3) is 0 Å². The third-order valence-corrected chi connectivity index (χ3v) is 4.99. The van der Waals surface area contributed by atoms with Gasteiger partial charge in [0.2, 0.25) is 12.7 Å². The number of hydrogen-bond donors (Lipinski definition) is 0. The number of hydrogen-bond acceptors (Lipinski definition) is 3. The van der Waals surface area contributed by atoms with Crippen LogP contribution in [0, 0.1) is 0 Å². The fraction of sp³-hybridized carbons (Fsp3) is 0.316. The molecule has 2 aromatic rings. The first-order valence-corrected chi connectivity index (χ1v) is 8.51. The van der Waals surface area contributed by atoms with Crippen LogP contribution in [0.3, 0.4) is 0 Å². The number of carbonyl (C=O) groups is 1. The molecule has 0 unspecified atom stereocenters. The summed E-state index contributed by atoms with van der Waals surface area (Å²) >= 11 is 6.16. The molecule has 2 heterocycles. The summed E-state index contributed by atoms with van der Waals surface area (Å²) in [5, 5.41) is 0.724. The molecule has 0 aliphatic carbocycles. The Morgan fingerprint density at radius 3 is 2.67 bits per heavy atom. The molecule has 0 atom stereocenters. The van der Waals surface area contributed by atoms with Gasteiger partial charge in [0, 0.05) is 24.5 Å². The van der Waals surface area contributed by atoms with E-state index in [1.165, 1.54) is 5.56 Å². The van der Waals surface area contributed by atoms with Crippen molar-refractivity contribution in [1.82, 2.24) is 4.90 Å². The van der Waals surface area contributed by atoms with Gasteiger partial charge in [0.1, 0.15) is 0 Å². The first kappa shape index (κ1) is 15.3. The highest BCUT2D eigenvalue weighted by atomic mass is 35.5. The highest BCUT2D eigenvalue weighted by Crippen LogP contribution is 2.36. The van der Waals surface area contributed by atoms with Gasteiger partial charge in [-0.05, 0) is 47.7 Å². The fourth-order valence-corrected chi connectivity index (χ4v) is 3.49. The van der Waals surface area contributed by atoms with Crippen molar-refractivity contribution in [2.24, 2.45) is 0 Å². The number of ether oxygens (including phenoxy) is 2. The molecule has 2 aliphatic rings. The van der Waals surface area contributed by atoms with Gasteiger partial charge in [0.15, 0.2) is 11.5 Å². The zero-order valence-electron chi connectivity index (χ0n) is 13.3. The average molecular weight is 344 g/mol. The Balaban J connectivity index is 1.42. The standard InChI is InChI=1S/C19H18ClNO3/c20-16-4-2-1-3-13(16)5-6-19(22)21-8-7-14-9-17-18(24-12-23-17)10-15(14)11-21/h1-4,9-10H,5-8,11-12H2. The SMILES string of the molecule is O=C(CCc1ccccc1Cl)N1CCc2cc3c(cc2C1)OCO3. The second-order valence-electron chi connectivity index (χ2n) is 6.13. The number of halogens is 1. The lowest BCUT2D eigenvalue weighted by Crippen LogP contribution is -2.36. The summed E-state index contributed by atoms with van der Waals surface area (Å²) in [5.41, 5.74) is 3.42. The zero-order valence-corrected chi connectivity index (χ0v) is 14.0. The number of fused-ring (bicyclic) bond motifs is 2. The van der Waals surface area contributed by atoms with Crippen molar-refractivity contribution in [3.05, 3.63) is 58.1 Å². The molecule has 0 aromatic heterocycles. The summed E-state index contributed by atoms with van der Waals surface area (Å²) in [5.74, 6) is 1.75. The first-order chi connectivity index (χ1) is 11.7. The summed E-state index contributed by atoms with van der Waals surface area (Å²) in [7, 11) is 0. The van der Waals surface area contributed by atoms with Gasteiger partial charge in [0.05, 0.1) is 0 Å². The zero-order chi connectivity index (χ0) is 16.5. The molecule has 124 valence electrons. The van der Waals surface area contributed by atoms with Gasteiger partial charge < -0.3 is 14.4 Å². The predicted molar refractivity (Wildman–Crippen MR) is 91.5 cm³/mol. The van der Waals surface area contributed by atoms with Crippen LogP contribution in [0.15, 0.2) is 36.4 Å². The Morgan fingerprint density at radius 1 is 1.12 bits per heavy atom. The summed E-state index contributed by atoms with van der Waals surface area (Å²) < 4.78 is 10.9. The molecule has 0 N–H and O–H groups in total. The largest absolute Gasteiger partial charge is 0.454 e. The molecule has 0 spiro atoms. The molecule has 4 nitrogen and oxygen atoms in total. The molecule has 5 heteroatoms. The van der Waals surface area contributed by atoms with Crippen LogP contribution in [0.5, 0.6) is 11.5 Å². The Morgan fingerprint density at radius 2 is 1.88 bits per heavy atom. The van der Waals surface area contributed by atoms with E-state index < -0.39 is 0 Å². The van der Waals surface area contributed by atoms with Crippen molar-refractivity contribution in [3.8, 4) is 11.5 Å². The van der Waals surface area contributed by atoms with Gasteiger partial charge in [-0.25, -0.2) is 0 Å². The monoisotopic (exact) mass is 343 g/mol. The molecule has 1 amide bonds. The Kier molecular flexibility index (Phi) is 4.07. The van der Waals surface area contributed by atoms with Crippen LogP contribution < -0.4 is 9.47 Å². The van der Waals surface area contributed by atoms with E-state index in [1.54, 1.807) is 0 Å². The van der Waals surface area contributed by atoms with Crippen molar-refractivity contribution in [1.29, 1.82) is 0 Å². The maximum absolute atomic E-state index is 12.6. The minimum Gasteiger partial charge on any atom is -0.454 e. The van der Waals surface area contributed by atoms with E-state index in [0.29, 0.717) is 19.4 Å². The quantitative estimate of drug-likeness (QED) is 0.855. The van der Waals surface area contributed by atoms with Gasteiger partial charge in [-0.1, -0.05) is 29.8 Å². The molecule has 0 saturated carbocycles. The van der Waals surface area contributed by atoms with Crippen molar-refractivity contribution < 1.29 is 14.3 Å². The molecule has 24 heavy (non-hydrogen) atoms. The van der Waals surface area contributed by atoms with Gasteiger partial charge in [-0.2, -0.15) is 0 Å². The molecular formula is C19H18ClNO3. The van der Waals surface area contributed by atoms with E-state index in [-0.39, 0.29) is 12.7 Å². The molecule has 2 aliphatic heterocycles. The van der Waals surface area contributed by atoms with Crippen LogP contribution in [0.1, 0.15) is 23.1 Å². The maximum Gasteiger partial charge on any atom is 0.231 e. The third kappa shape index (κ3) is 2.94. The highest BCUT2D eigenvalue weighted by molar-refractivity contribution is 6.31. The van der Waals surface area contributed by atoms with Gasteiger partial charge in [-0.15, -0.1) is 0 Å². The minimum absolute atomic E-state index is 0.165. The Labute approximate surface area is 145 Å². The number of benzene rings is 2. The van der Waals surface area contributed by atoms with E-state index in [9.17, 15) is 4.79 Å². The topological polar surface area (TPSA) is 38.8 Å². The molecule has 4 rings (SSSR count). The molecule has 0 radical (unpaired) electrons. The second kappa shape index (κ2) is 6.36. The van der Waals surface area contributed by atoms with Crippen molar-refractivity contribution in [2.45, 2.75) is 25.8 Å². The summed E-state index contributed by atoms with van der Waals surface area (Å²) in [6.45, 7) is 1.65. The molecular weight excluding hydrogens is 326 g/mol. The van der Waals surface area contributed by atoms with Gasteiger partial charge in [-0.3, -0.25) is 4.79 Å². The molecule has 0 saturated heterocycles. The number of carbonyl (C=O) groups excluding carboxylic acids is 1. The Hall–Kier alpha value is -2.20. The number of amides is 1. The molecule has 0 fully saturated rings. The van der Waals surface area contributed by atoms with Gasteiger partial charge >= 0.3 is 0 Å². The van der Waals surface area contributed by atoms with Crippen LogP contribution in [-0.2, 0) is 24.2 Å². The Bertz CT molecular complexity index is 790. The molecule has 0 bridgehead atoms. The number of nitrogens with zero attached hydrogens (tertiary/aromatic N) is 1. The lowest BCUT2D eigenvalue weighted by atomic mass is 9.98. The maximum atomic E-state index is 12.6. The van der Waals surface area contributed by atoms with Crippen LogP contribution >= 0.6 is 11.6 Å². The average Bonchev–Trinajstić information content (AvgIpc) is 3.05.